The second-order valence-corrected chi connectivity index (χ2v) is 8.34. The van der Waals surface area contributed by atoms with Gasteiger partial charge >= 0.3 is 0 Å². The molecule has 8 heteroatoms. The topological polar surface area (TPSA) is 92.5 Å². The van der Waals surface area contributed by atoms with Gasteiger partial charge in [-0.05, 0) is 49.4 Å². The van der Waals surface area contributed by atoms with Crippen molar-refractivity contribution in [3.05, 3.63) is 29.8 Å². The molecule has 1 unspecified atom stereocenters. The number of amides is 1. The van der Waals surface area contributed by atoms with E-state index in [0.29, 0.717) is 43.9 Å². The molecule has 6 nitrogen and oxygen atoms in total. The van der Waals surface area contributed by atoms with Crippen molar-refractivity contribution in [2.45, 2.75) is 37.5 Å². The molecule has 0 aromatic heterocycles. The van der Waals surface area contributed by atoms with E-state index in [1.54, 1.807) is 24.3 Å². The SMILES string of the molecule is CC(CN)CNC(=O)CCc1ccc(S(=O)(=O)N2CCCC2)cc1.Cl. The van der Waals surface area contributed by atoms with E-state index in [1.807, 2.05) is 6.92 Å². The van der Waals surface area contributed by atoms with Gasteiger partial charge in [0.1, 0.15) is 0 Å². The van der Waals surface area contributed by atoms with Gasteiger partial charge in [0, 0.05) is 26.1 Å². The van der Waals surface area contributed by atoms with Gasteiger partial charge in [-0.3, -0.25) is 4.79 Å². The van der Waals surface area contributed by atoms with Crippen molar-refractivity contribution in [1.82, 2.24) is 9.62 Å². The Bertz CT molecular complexity index is 644. The minimum Gasteiger partial charge on any atom is -0.356 e. The van der Waals surface area contributed by atoms with Crippen LogP contribution >= 0.6 is 12.4 Å². The van der Waals surface area contributed by atoms with E-state index in [2.05, 4.69) is 5.32 Å². The first kappa shape index (κ1) is 21.9. The highest BCUT2D eigenvalue weighted by atomic mass is 35.5. The molecule has 0 radical (unpaired) electrons. The van der Waals surface area contributed by atoms with Gasteiger partial charge in [0.2, 0.25) is 15.9 Å². The maximum atomic E-state index is 12.4. The van der Waals surface area contributed by atoms with Gasteiger partial charge in [0.15, 0.2) is 0 Å². The molecule has 1 aromatic carbocycles. The summed E-state index contributed by atoms with van der Waals surface area (Å²) in [7, 11) is -3.37. The molecule has 1 aliphatic rings. The van der Waals surface area contributed by atoms with E-state index in [9.17, 15) is 13.2 Å². The number of benzene rings is 1. The van der Waals surface area contributed by atoms with Crippen LogP contribution in [-0.2, 0) is 21.2 Å². The van der Waals surface area contributed by atoms with Crippen LogP contribution in [0, 0.1) is 5.92 Å². The predicted octanol–water partition coefficient (Wildman–Crippen LogP) is 1.54. The minimum atomic E-state index is -3.37. The number of carbonyl (C=O) groups is 1. The van der Waals surface area contributed by atoms with Crippen LogP contribution < -0.4 is 11.1 Å². The van der Waals surface area contributed by atoms with Gasteiger partial charge < -0.3 is 11.1 Å². The maximum Gasteiger partial charge on any atom is 0.243 e. The smallest absolute Gasteiger partial charge is 0.243 e. The van der Waals surface area contributed by atoms with Crippen LogP contribution in [0.4, 0.5) is 0 Å². The minimum absolute atomic E-state index is 0. The van der Waals surface area contributed by atoms with Crippen LogP contribution in [0.15, 0.2) is 29.2 Å². The molecular weight excluding hydrogens is 362 g/mol. The number of hydrogen-bond donors (Lipinski definition) is 2. The molecule has 2 rings (SSSR count). The maximum absolute atomic E-state index is 12.4. The van der Waals surface area contributed by atoms with Crippen molar-refractivity contribution >= 4 is 28.3 Å². The predicted molar refractivity (Wildman–Crippen MR) is 101 cm³/mol. The molecule has 1 aliphatic heterocycles. The average Bonchev–Trinajstić information content (AvgIpc) is 3.13. The van der Waals surface area contributed by atoms with Gasteiger partial charge in [0.25, 0.3) is 0 Å². The highest BCUT2D eigenvalue weighted by Gasteiger charge is 2.26. The third-order valence-corrected chi connectivity index (χ3v) is 6.23. The fraction of sp³-hybridized carbons (Fsp3) is 0.588. The summed E-state index contributed by atoms with van der Waals surface area (Å²) in [5.41, 5.74) is 6.47. The zero-order valence-electron chi connectivity index (χ0n) is 14.6. The van der Waals surface area contributed by atoms with E-state index in [1.165, 1.54) is 4.31 Å². The lowest BCUT2D eigenvalue weighted by atomic mass is 10.1. The molecule has 142 valence electrons. The average molecular weight is 390 g/mol. The number of halogens is 1. The van der Waals surface area contributed by atoms with E-state index >= 15 is 0 Å². The molecule has 0 saturated carbocycles. The number of hydrogen-bond acceptors (Lipinski definition) is 4. The second-order valence-electron chi connectivity index (χ2n) is 6.40. The van der Waals surface area contributed by atoms with Crippen LogP contribution in [0.25, 0.3) is 0 Å². The van der Waals surface area contributed by atoms with E-state index in [-0.39, 0.29) is 24.2 Å². The molecule has 1 fully saturated rings. The summed E-state index contributed by atoms with van der Waals surface area (Å²) in [6.45, 7) is 4.33. The number of rotatable bonds is 8. The number of aryl methyl sites for hydroxylation is 1. The molecule has 0 spiro atoms. The Morgan fingerprint density at radius 2 is 1.84 bits per heavy atom. The monoisotopic (exact) mass is 389 g/mol. The number of carbonyl (C=O) groups excluding carboxylic acids is 1. The second kappa shape index (κ2) is 10.1. The molecule has 1 aromatic rings. The fourth-order valence-electron chi connectivity index (χ4n) is 2.62. The summed E-state index contributed by atoms with van der Waals surface area (Å²) in [6, 6.07) is 6.85. The van der Waals surface area contributed by atoms with Crippen LogP contribution in [0.1, 0.15) is 31.7 Å². The number of nitrogens with one attached hydrogen (secondary N) is 1. The largest absolute Gasteiger partial charge is 0.356 e. The highest BCUT2D eigenvalue weighted by molar-refractivity contribution is 7.89. The molecule has 1 amide bonds. The lowest BCUT2D eigenvalue weighted by molar-refractivity contribution is -0.121. The van der Waals surface area contributed by atoms with Gasteiger partial charge in [0.05, 0.1) is 4.90 Å². The van der Waals surface area contributed by atoms with Crippen LogP contribution in [0.3, 0.4) is 0 Å². The molecule has 25 heavy (non-hydrogen) atoms. The lowest BCUT2D eigenvalue weighted by Gasteiger charge is -2.15. The molecule has 1 heterocycles. The Morgan fingerprint density at radius 1 is 1.24 bits per heavy atom. The molecule has 0 aliphatic carbocycles. The van der Waals surface area contributed by atoms with Crippen LogP contribution in [0.2, 0.25) is 0 Å². The Labute approximate surface area is 156 Å². The van der Waals surface area contributed by atoms with Crippen LogP contribution in [-0.4, -0.2) is 44.8 Å². The Hall–Kier alpha value is -1.15. The first-order valence-corrected chi connectivity index (χ1v) is 9.93. The normalized spacial score (nSPS) is 16.2. The lowest BCUT2D eigenvalue weighted by Crippen LogP contribution is -2.31. The number of nitrogens with two attached hydrogens (primary N) is 1. The zero-order chi connectivity index (χ0) is 17.6. The molecule has 3 N–H and O–H groups in total. The molecule has 0 bridgehead atoms. The van der Waals surface area contributed by atoms with E-state index in [4.69, 9.17) is 5.73 Å². The van der Waals surface area contributed by atoms with Gasteiger partial charge in [-0.1, -0.05) is 19.1 Å². The summed E-state index contributed by atoms with van der Waals surface area (Å²) < 4.78 is 26.4. The summed E-state index contributed by atoms with van der Waals surface area (Å²) in [6.07, 6.45) is 2.83. The molecule has 1 atom stereocenters. The van der Waals surface area contributed by atoms with Crippen molar-refractivity contribution in [3.8, 4) is 0 Å². The zero-order valence-corrected chi connectivity index (χ0v) is 16.2. The van der Waals surface area contributed by atoms with Gasteiger partial charge in [-0.25, -0.2) is 8.42 Å². The van der Waals surface area contributed by atoms with Crippen molar-refractivity contribution in [2.75, 3.05) is 26.2 Å². The van der Waals surface area contributed by atoms with Gasteiger partial charge in [-0.15, -0.1) is 12.4 Å². The third-order valence-electron chi connectivity index (χ3n) is 4.32. The van der Waals surface area contributed by atoms with Gasteiger partial charge in [-0.2, -0.15) is 4.31 Å². The Morgan fingerprint density at radius 3 is 2.40 bits per heavy atom. The third kappa shape index (κ3) is 6.26. The summed E-state index contributed by atoms with van der Waals surface area (Å²) in [4.78, 5) is 12.1. The quantitative estimate of drug-likeness (QED) is 0.705. The van der Waals surface area contributed by atoms with Crippen molar-refractivity contribution in [2.24, 2.45) is 11.7 Å². The number of sulfonamides is 1. The Kier molecular flexibility index (Phi) is 8.85. The highest BCUT2D eigenvalue weighted by Crippen LogP contribution is 2.21. The standard InChI is InChI=1S/C17H27N3O3S.ClH/c1-14(12-18)13-19-17(21)9-6-15-4-7-16(8-5-15)24(22,23)20-10-2-3-11-20;/h4-5,7-8,14H,2-3,6,9-13,18H2,1H3,(H,19,21);1H. The first-order valence-electron chi connectivity index (χ1n) is 8.49. The van der Waals surface area contributed by atoms with Crippen LogP contribution in [0.5, 0.6) is 0 Å². The fourth-order valence-corrected chi connectivity index (χ4v) is 4.14. The first-order chi connectivity index (χ1) is 11.4. The summed E-state index contributed by atoms with van der Waals surface area (Å²) in [5.74, 6) is 0.257. The molecule has 1 saturated heterocycles. The summed E-state index contributed by atoms with van der Waals surface area (Å²) in [5, 5.41) is 2.85. The molecular formula is C17H28ClN3O3S. The number of nitrogens with zero attached hydrogens (tertiary/aromatic N) is 1. The van der Waals surface area contributed by atoms with Crippen molar-refractivity contribution < 1.29 is 13.2 Å². The van der Waals surface area contributed by atoms with E-state index < -0.39 is 10.0 Å². The summed E-state index contributed by atoms with van der Waals surface area (Å²) >= 11 is 0. The van der Waals surface area contributed by atoms with Crippen molar-refractivity contribution in [1.29, 1.82) is 0 Å². The van der Waals surface area contributed by atoms with Crippen molar-refractivity contribution in [3.63, 3.8) is 0 Å². The van der Waals surface area contributed by atoms with E-state index in [0.717, 1.165) is 18.4 Å². The Balaban J connectivity index is 0.00000312.